The molecule has 0 bridgehead atoms. The summed E-state index contributed by atoms with van der Waals surface area (Å²) in [6, 6.07) is 11.2. The van der Waals surface area contributed by atoms with Crippen molar-refractivity contribution in [3.63, 3.8) is 0 Å². The summed E-state index contributed by atoms with van der Waals surface area (Å²) in [5.41, 5.74) is 2.77. The zero-order chi connectivity index (χ0) is 19.7. The number of hydrogen-bond donors (Lipinski definition) is 1. The van der Waals surface area contributed by atoms with E-state index in [2.05, 4.69) is 27.5 Å². The van der Waals surface area contributed by atoms with Crippen molar-refractivity contribution >= 4 is 23.3 Å². The topological polar surface area (TPSA) is 81.9 Å². The Morgan fingerprint density at radius 3 is 2.82 bits per heavy atom. The van der Waals surface area contributed by atoms with Gasteiger partial charge < -0.3 is 10.1 Å². The van der Waals surface area contributed by atoms with Crippen LogP contribution in [0, 0.1) is 6.92 Å². The SMILES string of the molecule is CCCOc1ccccc1[C@@H]1CC(=O)Nc2c1c(C)nn2-c1ccc(Cl)nn1. The van der Waals surface area contributed by atoms with Crippen LogP contribution in [-0.2, 0) is 4.79 Å². The van der Waals surface area contributed by atoms with Gasteiger partial charge in [-0.1, -0.05) is 36.7 Å². The number of aryl methyl sites for hydroxylation is 1. The van der Waals surface area contributed by atoms with E-state index in [4.69, 9.17) is 16.3 Å². The highest BCUT2D eigenvalue weighted by molar-refractivity contribution is 6.29. The van der Waals surface area contributed by atoms with Gasteiger partial charge in [-0.25, -0.2) is 0 Å². The minimum absolute atomic E-state index is 0.0779. The number of fused-ring (bicyclic) bond motifs is 1. The van der Waals surface area contributed by atoms with Crippen LogP contribution in [0.5, 0.6) is 5.75 Å². The quantitative estimate of drug-likeness (QED) is 0.706. The molecule has 8 heteroatoms. The van der Waals surface area contributed by atoms with Crippen molar-refractivity contribution in [3.8, 4) is 11.6 Å². The summed E-state index contributed by atoms with van der Waals surface area (Å²) in [5, 5.41) is 15.8. The maximum absolute atomic E-state index is 12.5. The fourth-order valence-corrected chi connectivity index (χ4v) is 3.61. The second-order valence-corrected chi connectivity index (χ2v) is 7.05. The fraction of sp³-hybridized carbons (Fsp3) is 0.300. The molecule has 1 N–H and O–H groups in total. The molecule has 0 saturated heterocycles. The van der Waals surface area contributed by atoms with Gasteiger partial charge in [0.1, 0.15) is 11.6 Å². The Balaban J connectivity index is 1.83. The Morgan fingerprint density at radius 2 is 2.07 bits per heavy atom. The molecule has 7 nitrogen and oxygen atoms in total. The third kappa shape index (κ3) is 3.33. The summed E-state index contributed by atoms with van der Waals surface area (Å²) in [5.74, 6) is 1.68. The zero-order valence-electron chi connectivity index (χ0n) is 15.6. The molecule has 0 aliphatic carbocycles. The molecule has 0 radical (unpaired) electrons. The van der Waals surface area contributed by atoms with E-state index in [1.54, 1.807) is 16.8 Å². The van der Waals surface area contributed by atoms with Crippen molar-refractivity contribution in [1.82, 2.24) is 20.0 Å². The average molecular weight is 398 g/mol. The Kier molecular flexibility index (Phi) is 5.00. The van der Waals surface area contributed by atoms with Crippen LogP contribution >= 0.6 is 11.6 Å². The summed E-state index contributed by atoms with van der Waals surface area (Å²) in [7, 11) is 0. The Morgan fingerprint density at radius 1 is 1.25 bits per heavy atom. The van der Waals surface area contributed by atoms with Crippen LogP contribution in [0.3, 0.4) is 0 Å². The van der Waals surface area contributed by atoms with Crippen LogP contribution in [0.15, 0.2) is 36.4 Å². The molecule has 144 valence electrons. The summed E-state index contributed by atoms with van der Waals surface area (Å²) >= 11 is 5.85. The van der Waals surface area contributed by atoms with Gasteiger partial charge in [-0.3, -0.25) is 4.79 Å². The van der Waals surface area contributed by atoms with Gasteiger partial charge in [0.25, 0.3) is 0 Å². The van der Waals surface area contributed by atoms with Crippen molar-refractivity contribution in [3.05, 3.63) is 58.4 Å². The van der Waals surface area contributed by atoms with E-state index in [0.717, 1.165) is 29.0 Å². The largest absolute Gasteiger partial charge is 0.493 e. The molecule has 0 unspecified atom stereocenters. The van der Waals surface area contributed by atoms with E-state index in [1.807, 2.05) is 31.2 Å². The Labute approximate surface area is 167 Å². The van der Waals surface area contributed by atoms with Crippen LogP contribution in [0.4, 0.5) is 5.82 Å². The first kappa shape index (κ1) is 18.4. The molecule has 1 aromatic carbocycles. The second kappa shape index (κ2) is 7.59. The number of hydrogen-bond acceptors (Lipinski definition) is 5. The van der Waals surface area contributed by atoms with Crippen LogP contribution in [0.25, 0.3) is 5.82 Å². The standard InChI is InChI=1S/C20H20ClN5O2/c1-3-10-28-15-7-5-4-6-13(15)14-11-18(27)22-20-19(14)12(2)25-26(20)17-9-8-16(21)23-24-17/h4-9,14H,3,10-11H2,1-2H3,(H,22,27)/t14-/m0/s1. The van der Waals surface area contributed by atoms with Gasteiger partial charge in [0, 0.05) is 23.5 Å². The first-order chi connectivity index (χ1) is 13.6. The highest BCUT2D eigenvalue weighted by Gasteiger charge is 2.34. The lowest BCUT2D eigenvalue weighted by molar-refractivity contribution is -0.116. The van der Waals surface area contributed by atoms with Crippen molar-refractivity contribution in [1.29, 1.82) is 0 Å². The molecule has 3 heterocycles. The fourth-order valence-electron chi connectivity index (χ4n) is 3.51. The van der Waals surface area contributed by atoms with Gasteiger partial charge in [-0.05, 0) is 31.5 Å². The highest BCUT2D eigenvalue weighted by atomic mass is 35.5. The summed E-state index contributed by atoms with van der Waals surface area (Å²) < 4.78 is 7.54. The monoisotopic (exact) mass is 397 g/mol. The van der Waals surface area contributed by atoms with Crippen LogP contribution < -0.4 is 10.1 Å². The third-order valence-electron chi connectivity index (χ3n) is 4.69. The van der Waals surface area contributed by atoms with E-state index in [9.17, 15) is 4.79 Å². The van der Waals surface area contributed by atoms with Crippen molar-refractivity contribution < 1.29 is 9.53 Å². The van der Waals surface area contributed by atoms with Crippen molar-refractivity contribution in [2.24, 2.45) is 0 Å². The van der Waals surface area contributed by atoms with E-state index < -0.39 is 0 Å². The molecule has 1 atom stereocenters. The van der Waals surface area contributed by atoms with Crippen molar-refractivity contribution in [2.75, 3.05) is 11.9 Å². The minimum atomic E-state index is -0.147. The number of halogens is 1. The van der Waals surface area contributed by atoms with Crippen LogP contribution in [-0.4, -0.2) is 32.5 Å². The molecule has 2 aromatic heterocycles. The molecule has 0 spiro atoms. The summed E-state index contributed by atoms with van der Waals surface area (Å²) in [6.45, 7) is 4.62. The first-order valence-electron chi connectivity index (χ1n) is 9.19. The predicted octanol–water partition coefficient (Wildman–Crippen LogP) is 3.89. The molecule has 1 aliphatic rings. The lowest BCUT2D eigenvalue weighted by Gasteiger charge is -2.25. The third-order valence-corrected chi connectivity index (χ3v) is 4.90. The molecule has 28 heavy (non-hydrogen) atoms. The number of anilines is 1. The molecule has 0 fully saturated rings. The predicted molar refractivity (Wildman–Crippen MR) is 106 cm³/mol. The number of ether oxygens (including phenoxy) is 1. The number of amides is 1. The van der Waals surface area contributed by atoms with Gasteiger partial charge in [0.05, 0.1) is 12.3 Å². The number of rotatable bonds is 5. The normalized spacial score (nSPS) is 15.8. The number of nitrogens with zero attached hydrogens (tertiary/aromatic N) is 4. The minimum Gasteiger partial charge on any atom is -0.493 e. The molecular weight excluding hydrogens is 378 g/mol. The molecule has 4 rings (SSSR count). The van der Waals surface area contributed by atoms with Crippen molar-refractivity contribution in [2.45, 2.75) is 32.6 Å². The van der Waals surface area contributed by atoms with Gasteiger partial charge in [-0.15, -0.1) is 10.2 Å². The van der Waals surface area contributed by atoms with Gasteiger partial charge in [-0.2, -0.15) is 9.78 Å². The van der Waals surface area contributed by atoms with Gasteiger partial charge >= 0.3 is 0 Å². The number of aromatic nitrogens is 4. The average Bonchev–Trinajstić information content (AvgIpc) is 3.03. The molecule has 1 amide bonds. The van der Waals surface area contributed by atoms with E-state index in [1.165, 1.54) is 0 Å². The maximum Gasteiger partial charge on any atom is 0.226 e. The smallest absolute Gasteiger partial charge is 0.226 e. The zero-order valence-corrected chi connectivity index (χ0v) is 16.4. The number of nitrogens with one attached hydrogen (secondary N) is 1. The highest BCUT2D eigenvalue weighted by Crippen LogP contribution is 2.42. The van der Waals surface area contributed by atoms with E-state index in [-0.39, 0.29) is 11.8 Å². The number of para-hydroxylation sites is 1. The Bertz CT molecular complexity index is 1020. The van der Waals surface area contributed by atoms with E-state index in [0.29, 0.717) is 29.8 Å². The molecule has 1 aliphatic heterocycles. The lowest BCUT2D eigenvalue weighted by Crippen LogP contribution is -2.25. The lowest BCUT2D eigenvalue weighted by atomic mass is 9.85. The van der Waals surface area contributed by atoms with Gasteiger partial charge in [0.2, 0.25) is 5.91 Å². The Hall–Kier alpha value is -2.93. The number of carbonyl (C=O) groups is 1. The maximum atomic E-state index is 12.5. The van der Waals surface area contributed by atoms with Crippen LogP contribution in [0.1, 0.15) is 42.5 Å². The first-order valence-corrected chi connectivity index (χ1v) is 9.57. The number of carbonyl (C=O) groups excluding carboxylic acids is 1. The van der Waals surface area contributed by atoms with Crippen LogP contribution in [0.2, 0.25) is 5.15 Å². The summed E-state index contributed by atoms with van der Waals surface area (Å²) in [6.07, 6.45) is 1.25. The second-order valence-electron chi connectivity index (χ2n) is 6.66. The molecule has 0 saturated carbocycles. The summed E-state index contributed by atoms with van der Waals surface area (Å²) in [4.78, 5) is 12.5. The van der Waals surface area contributed by atoms with Gasteiger partial charge in [0.15, 0.2) is 11.0 Å². The molecule has 3 aromatic rings. The molecular formula is C20H20ClN5O2. The van der Waals surface area contributed by atoms with E-state index >= 15 is 0 Å². The number of benzene rings is 1.